The molecule has 1 aromatic heterocycles. The Morgan fingerprint density at radius 1 is 0.941 bits per heavy atom. The molecule has 0 amide bonds. The van der Waals surface area contributed by atoms with E-state index in [1.165, 1.54) is 25.7 Å². The first-order chi connectivity index (χ1) is 16.2. The molecule has 3 aliphatic heterocycles. The van der Waals surface area contributed by atoms with Crippen LogP contribution in [-0.2, 0) is 5.66 Å². The second kappa shape index (κ2) is 7.39. The average molecular weight is 472 g/mol. The standard InChI is InChI=1S/C24H31F2N7O/c1-15-12-19(30-21(29-15)33-10-6-23(25,26)7-11-33)24(28)20-17(13-16(27)14-18(20)34-31-24)32-8-4-22(2-3-22)5-9-32/h12-14,31H,2-11,27-28H2,1H3. The van der Waals surface area contributed by atoms with Crippen LogP contribution in [0.4, 0.5) is 26.1 Å². The molecule has 1 spiro atoms. The molecule has 1 atom stereocenters. The number of fused-ring (bicyclic) bond motifs is 1. The maximum Gasteiger partial charge on any atom is 0.251 e. The molecule has 1 saturated carbocycles. The highest BCUT2D eigenvalue weighted by Gasteiger charge is 2.48. The van der Waals surface area contributed by atoms with E-state index in [0.717, 1.165) is 24.3 Å². The molecule has 34 heavy (non-hydrogen) atoms. The van der Waals surface area contributed by atoms with Crippen molar-refractivity contribution in [2.75, 3.05) is 41.7 Å². The minimum atomic E-state index is -2.64. The SMILES string of the molecule is Cc1cc(C2(N)NOc3cc(N)cc(N4CCC5(CC4)CC5)c32)nc(N2CCC(F)(F)CC2)n1. The van der Waals surface area contributed by atoms with Crippen molar-refractivity contribution in [2.45, 2.75) is 57.0 Å². The van der Waals surface area contributed by atoms with Gasteiger partial charge in [0.1, 0.15) is 0 Å². The summed E-state index contributed by atoms with van der Waals surface area (Å²) in [7, 11) is 0. The average Bonchev–Trinajstić information content (AvgIpc) is 3.46. The van der Waals surface area contributed by atoms with E-state index in [2.05, 4.69) is 15.4 Å². The van der Waals surface area contributed by atoms with Gasteiger partial charge in [-0.2, -0.15) is 0 Å². The van der Waals surface area contributed by atoms with Gasteiger partial charge in [-0.3, -0.25) is 0 Å². The van der Waals surface area contributed by atoms with E-state index in [4.69, 9.17) is 21.3 Å². The number of nitrogens with zero attached hydrogens (tertiary/aromatic N) is 4. The van der Waals surface area contributed by atoms with Gasteiger partial charge < -0.3 is 26.1 Å². The number of alkyl halides is 2. The van der Waals surface area contributed by atoms with Crippen LogP contribution in [0.3, 0.4) is 0 Å². The fraction of sp³-hybridized carbons (Fsp3) is 0.583. The van der Waals surface area contributed by atoms with E-state index in [9.17, 15) is 8.78 Å². The number of hydrogen-bond donors (Lipinski definition) is 3. The Bertz CT molecular complexity index is 1120. The van der Waals surface area contributed by atoms with Gasteiger partial charge in [0.2, 0.25) is 5.95 Å². The summed E-state index contributed by atoms with van der Waals surface area (Å²) in [5.41, 5.74) is 19.1. The Labute approximate surface area is 197 Å². The molecule has 2 saturated heterocycles. The number of aromatic nitrogens is 2. The molecule has 1 aliphatic carbocycles. The molecule has 4 aliphatic rings. The number of benzene rings is 1. The van der Waals surface area contributed by atoms with Crippen molar-refractivity contribution in [2.24, 2.45) is 11.1 Å². The summed E-state index contributed by atoms with van der Waals surface area (Å²) in [6.07, 6.45) is 4.56. The fourth-order valence-corrected chi connectivity index (χ4v) is 5.54. The largest absolute Gasteiger partial charge is 0.406 e. The lowest BCUT2D eigenvalue weighted by molar-refractivity contribution is -0.0222. The van der Waals surface area contributed by atoms with Crippen LogP contribution in [0.25, 0.3) is 0 Å². The van der Waals surface area contributed by atoms with Crippen molar-refractivity contribution in [3.63, 3.8) is 0 Å². The number of nitrogens with two attached hydrogens (primary N) is 2. The second-order valence-corrected chi connectivity index (χ2v) is 10.4. The minimum Gasteiger partial charge on any atom is -0.406 e. The van der Waals surface area contributed by atoms with Crippen LogP contribution in [-0.4, -0.2) is 42.1 Å². The summed E-state index contributed by atoms with van der Waals surface area (Å²) in [6.45, 7) is 4.15. The van der Waals surface area contributed by atoms with E-state index in [0.29, 0.717) is 34.2 Å². The molecular formula is C24H31F2N7O. The third kappa shape index (κ3) is 3.63. The predicted octanol–water partition coefficient (Wildman–Crippen LogP) is 3.04. The molecule has 1 aromatic carbocycles. The number of rotatable bonds is 3. The molecule has 1 unspecified atom stereocenters. The van der Waals surface area contributed by atoms with Gasteiger partial charge in [-0.05, 0) is 50.2 Å². The molecule has 2 aromatic rings. The minimum absolute atomic E-state index is 0.200. The molecule has 0 radical (unpaired) electrons. The van der Waals surface area contributed by atoms with Crippen molar-refractivity contribution < 1.29 is 13.6 Å². The molecular weight excluding hydrogens is 440 g/mol. The van der Waals surface area contributed by atoms with Gasteiger partial charge in [0, 0.05) is 62.2 Å². The van der Waals surface area contributed by atoms with E-state index in [1.807, 2.05) is 19.1 Å². The third-order valence-corrected chi connectivity index (χ3v) is 7.97. The number of hydroxylamine groups is 1. The summed E-state index contributed by atoms with van der Waals surface area (Å²) in [5, 5.41) is 0. The lowest BCUT2D eigenvalue weighted by atomic mass is 9.90. The molecule has 6 rings (SSSR count). The van der Waals surface area contributed by atoms with E-state index in [1.54, 1.807) is 11.0 Å². The fourth-order valence-electron chi connectivity index (χ4n) is 5.54. The van der Waals surface area contributed by atoms with Crippen LogP contribution < -0.4 is 31.6 Å². The maximum absolute atomic E-state index is 13.7. The first-order valence-corrected chi connectivity index (χ1v) is 12.1. The quantitative estimate of drug-likeness (QED) is 0.587. The lowest BCUT2D eigenvalue weighted by Gasteiger charge is -2.37. The van der Waals surface area contributed by atoms with Crippen molar-refractivity contribution in [3.05, 3.63) is 35.2 Å². The highest BCUT2D eigenvalue weighted by Crippen LogP contribution is 2.55. The molecule has 182 valence electrons. The monoisotopic (exact) mass is 471 g/mol. The molecule has 8 nitrogen and oxygen atoms in total. The first kappa shape index (κ1) is 21.8. The molecule has 5 N–H and O–H groups in total. The summed E-state index contributed by atoms with van der Waals surface area (Å²) < 4.78 is 27.4. The number of anilines is 3. The first-order valence-electron chi connectivity index (χ1n) is 12.1. The van der Waals surface area contributed by atoms with Crippen molar-refractivity contribution in [1.82, 2.24) is 15.4 Å². The summed E-state index contributed by atoms with van der Waals surface area (Å²) in [4.78, 5) is 19.3. The van der Waals surface area contributed by atoms with Gasteiger partial charge in [-0.1, -0.05) is 0 Å². The van der Waals surface area contributed by atoms with Crippen molar-refractivity contribution >= 4 is 17.3 Å². The highest BCUT2D eigenvalue weighted by atomic mass is 19.3. The number of hydrogen-bond acceptors (Lipinski definition) is 8. The van der Waals surface area contributed by atoms with Crippen LogP contribution >= 0.6 is 0 Å². The maximum atomic E-state index is 13.7. The van der Waals surface area contributed by atoms with Crippen molar-refractivity contribution in [3.8, 4) is 5.75 Å². The van der Waals surface area contributed by atoms with Crippen LogP contribution in [0, 0.1) is 12.3 Å². The Morgan fingerprint density at radius 2 is 1.62 bits per heavy atom. The molecule has 10 heteroatoms. The van der Waals surface area contributed by atoms with E-state index < -0.39 is 11.6 Å². The second-order valence-electron chi connectivity index (χ2n) is 10.4. The number of nitrogen functional groups attached to an aromatic ring is 1. The van der Waals surface area contributed by atoms with Gasteiger partial charge in [-0.15, -0.1) is 5.48 Å². The van der Waals surface area contributed by atoms with Gasteiger partial charge in [-0.25, -0.2) is 18.7 Å². The summed E-state index contributed by atoms with van der Waals surface area (Å²) in [6, 6.07) is 5.56. The van der Waals surface area contributed by atoms with Gasteiger partial charge >= 0.3 is 0 Å². The smallest absolute Gasteiger partial charge is 0.251 e. The Kier molecular flexibility index (Phi) is 4.73. The van der Waals surface area contributed by atoms with Crippen LogP contribution in [0.15, 0.2) is 18.2 Å². The number of piperidine rings is 2. The number of halogens is 2. The van der Waals surface area contributed by atoms with Crippen LogP contribution in [0.5, 0.6) is 5.75 Å². The van der Waals surface area contributed by atoms with Crippen molar-refractivity contribution in [1.29, 1.82) is 0 Å². The van der Waals surface area contributed by atoms with Crippen LogP contribution in [0.2, 0.25) is 0 Å². The van der Waals surface area contributed by atoms with Gasteiger partial charge in [0.25, 0.3) is 5.92 Å². The predicted molar refractivity (Wildman–Crippen MR) is 126 cm³/mol. The van der Waals surface area contributed by atoms with Gasteiger partial charge in [0.15, 0.2) is 11.4 Å². The van der Waals surface area contributed by atoms with Gasteiger partial charge in [0.05, 0.1) is 11.3 Å². The zero-order valence-corrected chi connectivity index (χ0v) is 19.4. The van der Waals surface area contributed by atoms with E-state index in [-0.39, 0.29) is 25.9 Å². The summed E-state index contributed by atoms with van der Waals surface area (Å²) in [5.74, 6) is -1.64. The number of nitrogens with one attached hydrogen (secondary N) is 1. The Balaban J connectivity index is 1.37. The zero-order chi connectivity index (χ0) is 23.7. The summed E-state index contributed by atoms with van der Waals surface area (Å²) >= 11 is 0. The lowest BCUT2D eigenvalue weighted by Crippen LogP contribution is -2.50. The molecule has 0 bridgehead atoms. The zero-order valence-electron chi connectivity index (χ0n) is 19.4. The highest BCUT2D eigenvalue weighted by molar-refractivity contribution is 5.71. The Hall–Kier alpha value is -2.72. The Morgan fingerprint density at radius 3 is 2.29 bits per heavy atom. The molecule has 3 fully saturated rings. The number of aryl methyl sites for hydroxylation is 1. The molecule has 4 heterocycles. The topological polar surface area (TPSA) is 106 Å². The van der Waals surface area contributed by atoms with Crippen LogP contribution in [0.1, 0.15) is 55.5 Å². The third-order valence-electron chi connectivity index (χ3n) is 7.97. The van der Waals surface area contributed by atoms with E-state index >= 15 is 0 Å². The normalized spacial score (nSPS) is 26.9.